The number of halogens is 3. The number of nitrogens with zero attached hydrogens (tertiary/aromatic N) is 2. The fraction of sp³-hybridized carbons (Fsp3) is 0.350. The van der Waals surface area contributed by atoms with Gasteiger partial charge < -0.3 is 9.64 Å². The van der Waals surface area contributed by atoms with Crippen LogP contribution in [0.15, 0.2) is 48.5 Å². The highest BCUT2D eigenvalue weighted by Gasteiger charge is 2.32. The van der Waals surface area contributed by atoms with Crippen molar-refractivity contribution < 1.29 is 22.7 Å². The normalized spacial score (nSPS) is 15.6. The van der Waals surface area contributed by atoms with E-state index in [4.69, 9.17) is 4.74 Å². The summed E-state index contributed by atoms with van der Waals surface area (Å²) in [5.74, 6) is 0.600. The molecule has 1 saturated heterocycles. The molecule has 1 aliphatic rings. The zero-order valence-corrected chi connectivity index (χ0v) is 15.0. The van der Waals surface area contributed by atoms with Gasteiger partial charge in [-0.05, 0) is 35.4 Å². The van der Waals surface area contributed by atoms with E-state index in [1.807, 2.05) is 36.4 Å². The molecule has 0 unspecified atom stereocenters. The lowest BCUT2D eigenvalue weighted by Gasteiger charge is -2.35. The standard InChI is InChI=1S/C20H21F3N2O2/c1-27-18-4-2-3-17(13-18)15-5-7-16(8-6-15)19(26)25-11-9-24(10-12-25)14-20(21,22)23/h2-8,13H,9-12,14H2,1H3. The van der Waals surface area contributed by atoms with Crippen LogP contribution >= 0.6 is 0 Å². The Kier molecular flexibility index (Phi) is 5.70. The minimum atomic E-state index is -4.21. The Hall–Kier alpha value is -2.54. The molecule has 0 aliphatic carbocycles. The van der Waals surface area contributed by atoms with Gasteiger partial charge in [-0.25, -0.2) is 0 Å². The van der Waals surface area contributed by atoms with Gasteiger partial charge >= 0.3 is 6.18 Å². The van der Waals surface area contributed by atoms with Crippen LogP contribution in [0, 0.1) is 0 Å². The summed E-state index contributed by atoms with van der Waals surface area (Å²) in [7, 11) is 1.61. The van der Waals surface area contributed by atoms with Gasteiger partial charge in [0.25, 0.3) is 5.91 Å². The third kappa shape index (κ3) is 5.01. The van der Waals surface area contributed by atoms with Gasteiger partial charge in [0, 0.05) is 31.7 Å². The molecule has 1 aliphatic heterocycles. The maximum Gasteiger partial charge on any atom is 0.401 e. The van der Waals surface area contributed by atoms with Crippen molar-refractivity contribution in [2.75, 3.05) is 39.8 Å². The molecule has 7 heteroatoms. The molecule has 0 radical (unpaired) electrons. The number of carbonyl (C=O) groups excluding carboxylic acids is 1. The molecule has 2 aromatic rings. The second kappa shape index (κ2) is 8.00. The van der Waals surface area contributed by atoms with Crippen LogP contribution in [0.25, 0.3) is 11.1 Å². The van der Waals surface area contributed by atoms with Gasteiger partial charge in [0.05, 0.1) is 13.7 Å². The van der Waals surface area contributed by atoms with E-state index in [1.54, 1.807) is 24.1 Å². The summed E-state index contributed by atoms with van der Waals surface area (Å²) >= 11 is 0. The predicted octanol–water partition coefficient (Wildman–Crippen LogP) is 3.68. The molecular formula is C20H21F3N2O2. The molecular weight excluding hydrogens is 357 g/mol. The lowest BCUT2D eigenvalue weighted by molar-refractivity contribution is -0.148. The quantitative estimate of drug-likeness (QED) is 0.814. The molecule has 1 amide bonds. The minimum Gasteiger partial charge on any atom is -0.497 e. The van der Waals surface area contributed by atoms with Gasteiger partial charge in [-0.3, -0.25) is 9.69 Å². The average molecular weight is 378 g/mol. The Balaban J connectivity index is 1.63. The second-order valence-corrected chi connectivity index (χ2v) is 6.49. The zero-order chi connectivity index (χ0) is 19.4. The van der Waals surface area contributed by atoms with E-state index >= 15 is 0 Å². The summed E-state index contributed by atoms with van der Waals surface area (Å²) in [6, 6.07) is 14.9. The Bertz CT molecular complexity index is 783. The smallest absolute Gasteiger partial charge is 0.401 e. The molecule has 3 rings (SSSR count). The second-order valence-electron chi connectivity index (χ2n) is 6.49. The van der Waals surface area contributed by atoms with E-state index in [1.165, 1.54) is 4.90 Å². The first-order valence-corrected chi connectivity index (χ1v) is 8.68. The van der Waals surface area contributed by atoms with Gasteiger partial charge in [0.15, 0.2) is 0 Å². The SMILES string of the molecule is COc1cccc(-c2ccc(C(=O)N3CCN(CC(F)(F)F)CC3)cc2)c1. The van der Waals surface area contributed by atoms with E-state index in [9.17, 15) is 18.0 Å². The average Bonchev–Trinajstić information content (AvgIpc) is 2.67. The van der Waals surface area contributed by atoms with Crippen molar-refractivity contribution in [2.24, 2.45) is 0 Å². The van der Waals surface area contributed by atoms with E-state index in [0.29, 0.717) is 18.7 Å². The third-order valence-electron chi connectivity index (χ3n) is 4.60. The number of amides is 1. The molecule has 27 heavy (non-hydrogen) atoms. The van der Waals surface area contributed by atoms with Gasteiger partial charge in [-0.15, -0.1) is 0 Å². The van der Waals surface area contributed by atoms with Gasteiger partial charge in [-0.1, -0.05) is 24.3 Å². The number of ether oxygens (including phenoxy) is 1. The summed E-state index contributed by atoms with van der Waals surface area (Å²) < 4.78 is 42.6. The Morgan fingerprint density at radius 2 is 1.67 bits per heavy atom. The Morgan fingerprint density at radius 3 is 2.26 bits per heavy atom. The number of benzene rings is 2. The first-order chi connectivity index (χ1) is 12.9. The highest BCUT2D eigenvalue weighted by Crippen LogP contribution is 2.24. The monoisotopic (exact) mass is 378 g/mol. The van der Waals surface area contributed by atoms with Crippen molar-refractivity contribution >= 4 is 5.91 Å². The molecule has 0 spiro atoms. The van der Waals surface area contributed by atoms with E-state index in [0.717, 1.165) is 16.9 Å². The van der Waals surface area contributed by atoms with Crippen molar-refractivity contribution in [1.29, 1.82) is 0 Å². The van der Waals surface area contributed by atoms with Crippen LogP contribution in [0.4, 0.5) is 13.2 Å². The summed E-state index contributed by atoms with van der Waals surface area (Å²) in [6.07, 6.45) is -4.21. The number of carbonyl (C=O) groups is 1. The molecule has 0 bridgehead atoms. The highest BCUT2D eigenvalue weighted by atomic mass is 19.4. The summed E-state index contributed by atoms with van der Waals surface area (Å²) in [5.41, 5.74) is 2.47. The maximum absolute atomic E-state index is 12.6. The summed E-state index contributed by atoms with van der Waals surface area (Å²) in [4.78, 5) is 15.5. The number of alkyl halides is 3. The van der Waals surface area contributed by atoms with Gasteiger partial charge in [-0.2, -0.15) is 13.2 Å². The number of piperazine rings is 1. The topological polar surface area (TPSA) is 32.8 Å². The Morgan fingerprint density at radius 1 is 1.00 bits per heavy atom. The van der Waals surface area contributed by atoms with Crippen molar-refractivity contribution in [1.82, 2.24) is 9.80 Å². The molecule has 4 nitrogen and oxygen atoms in total. The lowest BCUT2D eigenvalue weighted by atomic mass is 10.0. The van der Waals surface area contributed by atoms with Crippen LogP contribution in [-0.4, -0.2) is 61.7 Å². The first-order valence-electron chi connectivity index (χ1n) is 8.68. The van der Waals surface area contributed by atoms with E-state index < -0.39 is 12.7 Å². The maximum atomic E-state index is 12.6. The number of methoxy groups -OCH3 is 1. The van der Waals surface area contributed by atoms with Crippen LogP contribution in [0.3, 0.4) is 0 Å². The molecule has 1 heterocycles. The van der Waals surface area contributed by atoms with Gasteiger partial charge in [0.2, 0.25) is 0 Å². The molecule has 0 saturated carbocycles. The highest BCUT2D eigenvalue weighted by molar-refractivity contribution is 5.94. The fourth-order valence-corrected chi connectivity index (χ4v) is 3.15. The molecule has 144 valence electrons. The predicted molar refractivity (Wildman–Crippen MR) is 96.8 cm³/mol. The first kappa shape index (κ1) is 19.2. The lowest BCUT2D eigenvalue weighted by Crippen LogP contribution is -2.50. The molecule has 0 N–H and O–H groups in total. The van der Waals surface area contributed by atoms with Crippen molar-refractivity contribution in [2.45, 2.75) is 6.18 Å². The minimum absolute atomic E-state index is 0.154. The molecule has 2 aromatic carbocycles. The molecule has 0 atom stereocenters. The van der Waals surface area contributed by atoms with Crippen LogP contribution < -0.4 is 4.74 Å². The van der Waals surface area contributed by atoms with Crippen molar-refractivity contribution in [3.63, 3.8) is 0 Å². The number of hydrogen-bond acceptors (Lipinski definition) is 3. The summed E-state index contributed by atoms with van der Waals surface area (Å²) in [5, 5.41) is 0. The molecule has 1 fully saturated rings. The Labute approximate surface area is 156 Å². The van der Waals surface area contributed by atoms with Gasteiger partial charge in [0.1, 0.15) is 5.75 Å². The molecule has 0 aromatic heterocycles. The zero-order valence-electron chi connectivity index (χ0n) is 15.0. The van der Waals surface area contributed by atoms with Crippen molar-refractivity contribution in [3.05, 3.63) is 54.1 Å². The summed E-state index contributed by atoms with van der Waals surface area (Å²) in [6.45, 7) is 0.129. The van der Waals surface area contributed by atoms with Crippen molar-refractivity contribution in [3.8, 4) is 16.9 Å². The largest absolute Gasteiger partial charge is 0.497 e. The van der Waals surface area contributed by atoms with E-state index in [2.05, 4.69) is 0 Å². The van der Waals surface area contributed by atoms with Crippen LogP contribution in [-0.2, 0) is 0 Å². The van der Waals surface area contributed by atoms with E-state index in [-0.39, 0.29) is 19.0 Å². The fourth-order valence-electron chi connectivity index (χ4n) is 3.15. The number of rotatable bonds is 4. The number of hydrogen-bond donors (Lipinski definition) is 0. The third-order valence-corrected chi connectivity index (χ3v) is 4.60. The van der Waals surface area contributed by atoms with Crippen LogP contribution in [0.1, 0.15) is 10.4 Å². The van der Waals surface area contributed by atoms with Crippen LogP contribution in [0.2, 0.25) is 0 Å². The van der Waals surface area contributed by atoms with Crippen LogP contribution in [0.5, 0.6) is 5.75 Å².